The van der Waals surface area contributed by atoms with Gasteiger partial charge in [-0.3, -0.25) is 0 Å². The maximum Gasteiger partial charge on any atom is 0.131 e. The van der Waals surface area contributed by atoms with Crippen LogP contribution in [0.3, 0.4) is 0 Å². The fourth-order valence-electron chi connectivity index (χ4n) is 1.86. The zero-order valence-electron chi connectivity index (χ0n) is 10.1. The minimum absolute atomic E-state index is 0.774. The van der Waals surface area contributed by atoms with Crippen molar-refractivity contribution in [3.05, 3.63) is 57.4 Å². The Morgan fingerprint density at radius 3 is 2.63 bits per heavy atom. The predicted octanol–water partition coefficient (Wildman–Crippen LogP) is 3.92. The molecule has 1 heterocycles. The van der Waals surface area contributed by atoms with Crippen LogP contribution < -0.4 is 5.73 Å². The molecule has 4 heteroatoms. The summed E-state index contributed by atoms with van der Waals surface area (Å²) in [5.74, 6) is 0.855. The van der Waals surface area contributed by atoms with Crippen LogP contribution in [-0.2, 0) is 0 Å². The molecule has 0 amide bonds. The second-order valence-corrected chi connectivity index (χ2v) is 5.53. The van der Waals surface area contributed by atoms with Crippen molar-refractivity contribution >= 4 is 51.5 Å². The molecule has 19 heavy (non-hydrogen) atoms. The number of hydrogen-bond donors (Lipinski definition) is 2. The van der Waals surface area contributed by atoms with Crippen molar-refractivity contribution in [2.45, 2.75) is 0 Å². The van der Waals surface area contributed by atoms with E-state index in [4.69, 9.17) is 5.73 Å². The molecule has 0 atom stereocenters. The van der Waals surface area contributed by atoms with Crippen LogP contribution in [0.5, 0.6) is 0 Å². The van der Waals surface area contributed by atoms with E-state index in [1.54, 1.807) is 0 Å². The normalized spacial score (nSPS) is 11.4. The fourth-order valence-corrected chi connectivity index (χ4v) is 2.35. The topological polar surface area (TPSA) is 54.7 Å². The van der Waals surface area contributed by atoms with E-state index in [9.17, 15) is 0 Å². The van der Waals surface area contributed by atoms with Gasteiger partial charge in [0.25, 0.3) is 0 Å². The van der Waals surface area contributed by atoms with Gasteiger partial charge in [0.2, 0.25) is 0 Å². The Hall–Kier alpha value is -1.82. The molecule has 2 aromatic carbocycles. The highest BCUT2D eigenvalue weighted by molar-refractivity contribution is 14.1. The Morgan fingerprint density at radius 1 is 1.05 bits per heavy atom. The smallest absolute Gasteiger partial charge is 0.131 e. The van der Waals surface area contributed by atoms with Crippen LogP contribution in [-0.4, -0.2) is 9.97 Å². The van der Waals surface area contributed by atoms with E-state index >= 15 is 0 Å². The number of H-pyrrole nitrogens is 1. The summed E-state index contributed by atoms with van der Waals surface area (Å²) in [5.41, 5.74) is 9.57. The van der Waals surface area contributed by atoms with Crippen molar-refractivity contribution in [3.63, 3.8) is 0 Å². The standard InChI is InChI=1S/C15H12IN3/c16-11-4-7-13-14(9-11)19-15(18-13)8-3-10-1-5-12(17)6-2-10/h1-9H,17H2,(H,18,19)/b8-3+. The summed E-state index contributed by atoms with van der Waals surface area (Å²) in [6, 6.07) is 13.9. The van der Waals surface area contributed by atoms with E-state index in [-0.39, 0.29) is 0 Å². The molecule has 1 aromatic heterocycles. The van der Waals surface area contributed by atoms with Gasteiger partial charge in [-0.15, -0.1) is 0 Å². The quantitative estimate of drug-likeness (QED) is 0.537. The first-order chi connectivity index (χ1) is 9.20. The first-order valence-corrected chi connectivity index (χ1v) is 6.97. The zero-order valence-corrected chi connectivity index (χ0v) is 12.3. The third-order valence-electron chi connectivity index (χ3n) is 2.83. The molecule has 0 saturated carbocycles. The Bertz CT molecular complexity index is 742. The summed E-state index contributed by atoms with van der Waals surface area (Å²) in [6.07, 6.45) is 3.99. The molecule has 0 aliphatic heterocycles. The molecule has 0 radical (unpaired) electrons. The first kappa shape index (κ1) is 12.2. The number of hydrogen-bond acceptors (Lipinski definition) is 2. The van der Waals surface area contributed by atoms with Crippen LogP contribution in [0.15, 0.2) is 42.5 Å². The van der Waals surface area contributed by atoms with Crippen molar-refractivity contribution < 1.29 is 0 Å². The van der Waals surface area contributed by atoms with Crippen LogP contribution in [0.4, 0.5) is 5.69 Å². The van der Waals surface area contributed by atoms with Crippen molar-refractivity contribution in [3.8, 4) is 0 Å². The molecule has 94 valence electrons. The lowest BCUT2D eigenvalue weighted by Gasteiger charge is -1.93. The van der Waals surface area contributed by atoms with Gasteiger partial charge in [0, 0.05) is 9.26 Å². The Kier molecular flexibility index (Phi) is 3.25. The lowest BCUT2D eigenvalue weighted by atomic mass is 10.2. The SMILES string of the molecule is Nc1ccc(/C=C/c2nc3ccc(I)cc3[nH]2)cc1. The summed E-state index contributed by atoms with van der Waals surface area (Å²) in [6.45, 7) is 0. The fraction of sp³-hybridized carbons (Fsp3) is 0. The molecule has 0 fully saturated rings. The highest BCUT2D eigenvalue weighted by Gasteiger charge is 2.00. The zero-order chi connectivity index (χ0) is 13.2. The molecular weight excluding hydrogens is 349 g/mol. The number of fused-ring (bicyclic) bond motifs is 1. The van der Waals surface area contributed by atoms with Gasteiger partial charge in [-0.2, -0.15) is 0 Å². The van der Waals surface area contributed by atoms with Gasteiger partial charge in [-0.05, 0) is 64.6 Å². The Morgan fingerprint density at radius 2 is 1.84 bits per heavy atom. The number of nitrogens with zero attached hydrogens (tertiary/aromatic N) is 1. The van der Waals surface area contributed by atoms with Gasteiger partial charge in [-0.1, -0.05) is 18.2 Å². The van der Waals surface area contributed by atoms with E-state index in [0.29, 0.717) is 0 Å². The summed E-state index contributed by atoms with van der Waals surface area (Å²) < 4.78 is 1.20. The number of aromatic amines is 1. The number of nitrogens with two attached hydrogens (primary N) is 1. The second-order valence-electron chi connectivity index (χ2n) is 4.28. The third kappa shape index (κ3) is 2.78. The van der Waals surface area contributed by atoms with Crippen molar-refractivity contribution in [1.29, 1.82) is 0 Å². The summed E-state index contributed by atoms with van der Waals surface area (Å²) in [4.78, 5) is 7.81. The Labute approximate surface area is 124 Å². The van der Waals surface area contributed by atoms with Crippen LogP contribution in [0.2, 0.25) is 0 Å². The summed E-state index contributed by atoms with van der Waals surface area (Å²) >= 11 is 2.29. The molecule has 0 spiro atoms. The number of aromatic nitrogens is 2. The number of imidazole rings is 1. The van der Waals surface area contributed by atoms with Gasteiger partial charge in [-0.25, -0.2) is 4.98 Å². The number of nitrogen functional groups attached to an aromatic ring is 1. The average Bonchev–Trinajstić information content (AvgIpc) is 2.80. The predicted molar refractivity (Wildman–Crippen MR) is 88.6 cm³/mol. The van der Waals surface area contributed by atoms with Gasteiger partial charge in [0.05, 0.1) is 11.0 Å². The molecule has 0 unspecified atom stereocenters. The van der Waals surface area contributed by atoms with Gasteiger partial charge in [0.15, 0.2) is 0 Å². The van der Waals surface area contributed by atoms with Gasteiger partial charge >= 0.3 is 0 Å². The average molecular weight is 361 g/mol. The molecule has 3 nitrogen and oxygen atoms in total. The highest BCUT2D eigenvalue weighted by Crippen LogP contribution is 2.16. The molecular formula is C15H12IN3. The summed E-state index contributed by atoms with van der Waals surface area (Å²) in [5, 5.41) is 0. The monoisotopic (exact) mass is 361 g/mol. The van der Waals surface area contributed by atoms with Crippen LogP contribution in [0.1, 0.15) is 11.4 Å². The van der Waals surface area contributed by atoms with Crippen LogP contribution >= 0.6 is 22.6 Å². The lowest BCUT2D eigenvalue weighted by molar-refractivity contribution is 1.29. The molecule has 0 aliphatic carbocycles. The van der Waals surface area contributed by atoms with E-state index < -0.39 is 0 Å². The molecule has 0 aliphatic rings. The molecule has 3 aromatic rings. The Balaban J connectivity index is 1.90. The van der Waals surface area contributed by atoms with Crippen molar-refractivity contribution in [2.75, 3.05) is 5.73 Å². The molecule has 3 rings (SSSR count). The molecule has 0 saturated heterocycles. The maximum absolute atomic E-state index is 5.66. The molecule has 0 bridgehead atoms. The largest absolute Gasteiger partial charge is 0.399 e. The maximum atomic E-state index is 5.66. The highest BCUT2D eigenvalue weighted by atomic mass is 127. The molecule has 3 N–H and O–H groups in total. The number of nitrogens with one attached hydrogen (secondary N) is 1. The van der Waals surface area contributed by atoms with Gasteiger partial charge in [0.1, 0.15) is 5.82 Å². The van der Waals surface area contributed by atoms with Gasteiger partial charge < -0.3 is 10.7 Å². The minimum Gasteiger partial charge on any atom is -0.399 e. The summed E-state index contributed by atoms with van der Waals surface area (Å²) in [7, 11) is 0. The first-order valence-electron chi connectivity index (χ1n) is 5.89. The lowest BCUT2D eigenvalue weighted by Crippen LogP contribution is -1.82. The van der Waals surface area contributed by atoms with Crippen LogP contribution in [0.25, 0.3) is 23.2 Å². The second kappa shape index (κ2) is 5.05. The van der Waals surface area contributed by atoms with Crippen LogP contribution in [0, 0.1) is 3.57 Å². The minimum atomic E-state index is 0.774. The van der Waals surface area contributed by atoms with Crippen molar-refractivity contribution in [1.82, 2.24) is 9.97 Å². The van der Waals surface area contributed by atoms with E-state index in [1.807, 2.05) is 42.5 Å². The van der Waals surface area contributed by atoms with E-state index in [1.165, 1.54) is 3.57 Å². The number of anilines is 1. The third-order valence-corrected chi connectivity index (χ3v) is 3.50. The van der Waals surface area contributed by atoms with E-state index in [2.05, 4.69) is 44.7 Å². The number of benzene rings is 2. The number of rotatable bonds is 2. The van der Waals surface area contributed by atoms with E-state index in [0.717, 1.165) is 28.1 Å². The van der Waals surface area contributed by atoms with Crippen molar-refractivity contribution in [2.24, 2.45) is 0 Å². The number of halogens is 1.